The van der Waals surface area contributed by atoms with Crippen LogP contribution in [-0.2, 0) is 64.0 Å². The molecule has 2 fully saturated rings. The van der Waals surface area contributed by atoms with Gasteiger partial charge in [0.25, 0.3) is 0 Å². The van der Waals surface area contributed by atoms with Crippen molar-refractivity contribution in [1.82, 2.24) is 41.3 Å². The van der Waals surface area contributed by atoms with E-state index in [4.69, 9.17) is 19.9 Å². The van der Waals surface area contributed by atoms with Crippen molar-refractivity contribution in [2.45, 2.75) is 219 Å². The molecule has 0 bridgehead atoms. The van der Waals surface area contributed by atoms with Gasteiger partial charge in [-0.05, 0) is 117 Å². The number of primary amides is 1. The van der Waals surface area contributed by atoms with Gasteiger partial charge in [0.1, 0.15) is 30.8 Å². The third kappa shape index (κ3) is 22.9. The Kier molecular flexibility index (Phi) is 31.9. The van der Waals surface area contributed by atoms with Gasteiger partial charge < -0.3 is 66.8 Å². The predicted octanol–water partition coefficient (Wildman–Crippen LogP) is 6.40. The second-order valence-corrected chi connectivity index (χ2v) is 27.1. The maximum Gasteiger partial charge on any atom is 0.410 e. The number of nitrogens with two attached hydrogens (primary N) is 1. The highest BCUT2D eigenvalue weighted by Gasteiger charge is 2.45. The van der Waals surface area contributed by atoms with Gasteiger partial charge in [-0.2, -0.15) is 0 Å². The number of aliphatic hydroxyl groups is 1. The van der Waals surface area contributed by atoms with E-state index >= 15 is 4.79 Å². The Bertz CT molecular complexity index is 2940. The van der Waals surface area contributed by atoms with Crippen molar-refractivity contribution < 1.29 is 72.1 Å². The van der Waals surface area contributed by atoms with E-state index in [0.29, 0.717) is 61.9 Å². The fourth-order valence-electron chi connectivity index (χ4n) is 13.4. The van der Waals surface area contributed by atoms with Gasteiger partial charge in [0.15, 0.2) is 11.6 Å². The Morgan fingerprint density at radius 1 is 0.677 bits per heavy atom. The number of likely N-dealkylation sites (N-methyl/N-ethyl adjacent to an activating group) is 2. The number of methoxy groups -OCH3 is 2. The number of aliphatic hydroxyl groups excluding tert-OH is 1. The number of benzene rings is 2. The zero-order valence-corrected chi connectivity index (χ0v) is 58.4. The Labute approximate surface area is 566 Å². The van der Waals surface area contributed by atoms with Gasteiger partial charge in [-0.3, -0.25) is 48.1 Å². The standard InChI is InChI=1S/C71H108N10O15/c1-42(2)59(77-57(84)31-21-15-20-28-51-54(82)36-37-55(51)83)67(89)76-52(29-22-38-73-70(72)92)66(88)75-50-34-32-47(33-35-50)41-96-71(93)80(10)61(44(5)6)68(90)78-60(43(3)4)69(91)79(9)62(48-24-16-13-17-25-48)56(94-11)40-58(85)81-39-23-30-53(81)64(95-12)45(7)65(87)74-46(8)63(86)49-26-18-14-19-27-49/h14,18-19,26-27,32-37,42-46,48,51-53,56,59-64,86H,13,15-17,20-25,28-31,38-41H2,1-12H3,(H,74,87)(H,75,88)(H,76,89)(H,77,84)(H,78,90)(H3,72,73,92)/t45-,46-,52?,53+,56-,59+,60+,61+,62+,63-,64-/m1/s1. The Morgan fingerprint density at radius 2 is 1.32 bits per heavy atom. The molecule has 532 valence electrons. The monoisotopic (exact) mass is 1340 g/mol. The summed E-state index contributed by atoms with van der Waals surface area (Å²) in [7, 11) is 6.21. The molecule has 1 unspecified atom stereocenters. The maximum atomic E-state index is 15.0. The first-order valence-corrected chi connectivity index (χ1v) is 34.2. The second-order valence-electron chi connectivity index (χ2n) is 27.1. The van der Waals surface area contributed by atoms with E-state index in [1.807, 2.05) is 32.0 Å². The van der Waals surface area contributed by atoms with Crippen molar-refractivity contribution in [3.8, 4) is 0 Å². The van der Waals surface area contributed by atoms with Crippen LogP contribution in [0.2, 0.25) is 0 Å². The second kappa shape index (κ2) is 38.8. The number of likely N-dealkylation sites (tertiary alicyclic amines) is 1. The number of urea groups is 1. The summed E-state index contributed by atoms with van der Waals surface area (Å²) in [6.07, 6.45) is 7.67. The number of ether oxygens (including phenoxy) is 3. The number of hydrogen-bond acceptors (Lipinski definition) is 15. The molecule has 96 heavy (non-hydrogen) atoms. The van der Waals surface area contributed by atoms with Gasteiger partial charge in [-0.1, -0.05) is 123 Å². The average molecular weight is 1340 g/mol. The fourth-order valence-corrected chi connectivity index (χ4v) is 13.4. The average Bonchev–Trinajstić information content (AvgIpc) is 1.28. The summed E-state index contributed by atoms with van der Waals surface area (Å²) in [4.78, 5) is 152. The Morgan fingerprint density at radius 3 is 1.92 bits per heavy atom. The first-order chi connectivity index (χ1) is 45.6. The van der Waals surface area contributed by atoms with E-state index in [1.54, 1.807) is 94.8 Å². The Balaban J connectivity index is 1.19. The van der Waals surface area contributed by atoms with Crippen LogP contribution in [0, 0.1) is 35.5 Å². The van der Waals surface area contributed by atoms with E-state index in [-0.39, 0.29) is 85.9 Å². The van der Waals surface area contributed by atoms with E-state index < -0.39 is 114 Å². The summed E-state index contributed by atoms with van der Waals surface area (Å²) in [5.41, 5.74) is 6.80. The molecule has 2 aliphatic carbocycles. The van der Waals surface area contributed by atoms with E-state index in [9.17, 15) is 53.1 Å². The van der Waals surface area contributed by atoms with Gasteiger partial charge in [-0.25, -0.2) is 9.59 Å². The van der Waals surface area contributed by atoms with Crippen LogP contribution in [0.3, 0.4) is 0 Å². The van der Waals surface area contributed by atoms with Gasteiger partial charge >= 0.3 is 12.1 Å². The van der Waals surface area contributed by atoms with Crippen LogP contribution < -0.4 is 37.6 Å². The summed E-state index contributed by atoms with van der Waals surface area (Å²) in [5, 5.41) is 27.8. The molecule has 25 nitrogen and oxygen atoms in total. The van der Waals surface area contributed by atoms with Gasteiger partial charge in [-0.15, -0.1) is 0 Å². The van der Waals surface area contributed by atoms with Crippen molar-refractivity contribution in [2.75, 3.05) is 46.7 Å². The minimum atomic E-state index is -1.11. The van der Waals surface area contributed by atoms with Gasteiger partial charge in [0.2, 0.25) is 41.4 Å². The van der Waals surface area contributed by atoms with Crippen molar-refractivity contribution in [3.63, 3.8) is 0 Å². The molecule has 0 aromatic heterocycles. The maximum absolute atomic E-state index is 15.0. The number of unbranched alkanes of at least 4 members (excludes halogenated alkanes) is 2. The summed E-state index contributed by atoms with van der Waals surface area (Å²) < 4.78 is 17.9. The van der Waals surface area contributed by atoms with Crippen molar-refractivity contribution in [2.24, 2.45) is 41.2 Å². The molecule has 0 radical (unpaired) electrons. The van der Waals surface area contributed by atoms with Crippen LogP contribution in [-0.4, -0.2) is 181 Å². The van der Waals surface area contributed by atoms with Crippen LogP contribution in [0.5, 0.6) is 0 Å². The first-order valence-electron chi connectivity index (χ1n) is 34.2. The number of allylic oxidation sites excluding steroid dienone is 2. The topological polar surface area (TPSA) is 344 Å². The third-order valence-electron chi connectivity index (χ3n) is 18.9. The molecular weight excluding hydrogens is 1230 g/mol. The molecule has 25 heteroatoms. The number of nitrogens with one attached hydrogen (secondary N) is 6. The van der Waals surface area contributed by atoms with Crippen molar-refractivity contribution in [3.05, 3.63) is 77.9 Å². The van der Waals surface area contributed by atoms with Crippen LogP contribution in [0.15, 0.2) is 66.7 Å². The minimum absolute atomic E-state index is 0.0241. The van der Waals surface area contributed by atoms with Crippen LogP contribution in [0.25, 0.3) is 0 Å². The molecule has 1 heterocycles. The molecular formula is C71H108N10O15. The molecule has 2 aromatic rings. The summed E-state index contributed by atoms with van der Waals surface area (Å²) >= 11 is 0. The molecule has 10 amide bonds. The van der Waals surface area contributed by atoms with Gasteiger partial charge in [0.05, 0.1) is 54.7 Å². The number of amides is 10. The SMILES string of the molecule is CO[C@H]([C@@H](C)C(=O)N[C@H](C)[C@@H](O)c1ccccc1)[C@@H]1CCCN1C(=O)C[C@@H](OC)[C@H](C1CCCCC1)N(C)C(=O)[C@@H](NC(=O)[C@H](C(C)C)N(C)C(=O)OCc1ccc(NC(=O)C(CCCNC(N)=O)NC(=O)[C@@H](NC(=O)CCCCCC2C(=O)C=CC2=O)C(C)C)cc1)C(C)C. The lowest BCUT2D eigenvalue weighted by molar-refractivity contribution is -0.148. The smallest absolute Gasteiger partial charge is 0.410 e. The number of carbonyl (C=O) groups excluding carboxylic acids is 11. The van der Waals surface area contributed by atoms with E-state index in [0.717, 1.165) is 32.1 Å². The predicted molar refractivity (Wildman–Crippen MR) is 362 cm³/mol. The Hall–Kier alpha value is -7.77. The number of anilines is 1. The van der Waals surface area contributed by atoms with Crippen LogP contribution in [0.1, 0.15) is 169 Å². The third-order valence-corrected chi connectivity index (χ3v) is 18.9. The molecule has 5 rings (SSSR count). The van der Waals surface area contributed by atoms with Crippen molar-refractivity contribution in [1.29, 1.82) is 0 Å². The summed E-state index contributed by atoms with van der Waals surface area (Å²) in [5.74, 6) is -6.02. The molecule has 1 aliphatic heterocycles. The number of ketones is 2. The zero-order valence-electron chi connectivity index (χ0n) is 58.4. The molecule has 2 aromatic carbocycles. The first kappa shape index (κ1) is 78.9. The molecule has 11 atom stereocenters. The minimum Gasteiger partial charge on any atom is -0.445 e. The lowest BCUT2D eigenvalue weighted by atomic mass is 9.80. The number of carbonyl (C=O) groups is 11. The zero-order chi connectivity index (χ0) is 70.9. The van der Waals surface area contributed by atoms with Crippen LogP contribution in [0.4, 0.5) is 15.3 Å². The largest absolute Gasteiger partial charge is 0.445 e. The number of nitrogens with zero attached hydrogens (tertiary/aromatic N) is 3. The molecule has 1 saturated heterocycles. The number of hydrogen-bond donors (Lipinski definition) is 8. The highest BCUT2D eigenvalue weighted by Crippen LogP contribution is 2.35. The lowest BCUT2D eigenvalue weighted by Crippen LogP contribution is -2.60. The molecule has 3 aliphatic rings. The number of rotatable bonds is 37. The lowest BCUT2D eigenvalue weighted by Gasteiger charge is -2.43. The summed E-state index contributed by atoms with van der Waals surface area (Å²) in [6.45, 7) is 14.6. The normalized spacial score (nSPS) is 18.3. The van der Waals surface area contributed by atoms with Crippen LogP contribution >= 0.6 is 0 Å². The van der Waals surface area contributed by atoms with Crippen molar-refractivity contribution >= 4 is 70.7 Å². The van der Waals surface area contributed by atoms with Gasteiger partial charge in [0, 0.05) is 53.5 Å². The fraction of sp³-hybridized carbons (Fsp3) is 0.648. The molecule has 1 saturated carbocycles. The molecule has 0 spiro atoms. The quantitative estimate of drug-likeness (QED) is 0.0268. The summed E-state index contributed by atoms with van der Waals surface area (Å²) in [6, 6.07) is 8.95. The van der Waals surface area contributed by atoms with E-state index in [1.165, 1.54) is 38.3 Å². The van der Waals surface area contributed by atoms with E-state index in [2.05, 4.69) is 31.9 Å². The highest BCUT2D eigenvalue weighted by atomic mass is 16.6. The highest BCUT2D eigenvalue weighted by molar-refractivity contribution is 6.18. The molecule has 9 N–H and O–H groups in total.